The Balaban J connectivity index is 0.00000192. The van der Waals surface area contributed by atoms with Gasteiger partial charge in [-0.15, -0.1) is 34.2 Å². The minimum atomic E-state index is 0. The number of aliphatic imine (C=N–C) groups is 1. The van der Waals surface area contributed by atoms with Crippen molar-refractivity contribution in [3.63, 3.8) is 0 Å². The molecule has 0 aliphatic carbocycles. The summed E-state index contributed by atoms with van der Waals surface area (Å²) >= 11 is 2.04. The lowest BCUT2D eigenvalue weighted by Crippen LogP contribution is -2.50. The first-order chi connectivity index (χ1) is 10.6. The van der Waals surface area contributed by atoms with Crippen LogP contribution < -0.4 is 5.32 Å². The van der Waals surface area contributed by atoms with Crippen molar-refractivity contribution >= 4 is 41.7 Å². The molecule has 0 unspecified atom stereocenters. The van der Waals surface area contributed by atoms with Crippen molar-refractivity contribution in [2.24, 2.45) is 4.99 Å². The number of rotatable bonds is 2. The molecular weight excluding hydrogens is 423 g/mol. The lowest BCUT2D eigenvalue weighted by Gasteiger charge is -2.39. The SMILES string of the molecule is CN=C(NCc1nnc2n1CCCC2)N1CCSC(C)(C)C1.I. The van der Waals surface area contributed by atoms with Gasteiger partial charge in [0.25, 0.3) is 0 Å². The summed E-state index contributed by atoms with van der Waals surface area (Å²) in [5.41, 5.74) is 0. The van der Waals surface area contributed by atoms with Crippen LogP contribution in [0.5, 0.6) is 0 Å². The van der Waals surface area contributed by atoms with E-state index >= 15 is 0 Å². The molecule has 1 fully saturated rings. The van der Waals surface area contributed by atoms with Crippen molar-refractivity contribution in [1.82, 2.24) is 25.0 Å². The summed E-state index contributed by atoms with van der Waals surface area (Å²) in [6, 6.07) is 0. The Bertz CT molecular complexity index is 556. The molecule has 3 rings (SSSR count). The Kier molecular flexibility index (Phi) is 6.58. The smallest absolute Gasteiger partial charge is 0.194 e. The van der Waals surface area contributed by atoms with Crippen LogP contribution in [0.1, 0.15) is 38.3 Å². The van der Waals surface area contributed by atoms with Gasteiger partial charge >= 0.3 is 0 Å². The fourth-order valence-corrected chi connectivity index (χ4v) is 4.30. The fraction of sp³-hybridized carbons (Fsp3) is 0.800. The van der Waals surface area contributed by atoms with Gasteiger partial charge in [0.2, 0.25) is 0 Å². The maximum absolute atomic E-state index is 4.45. The van der Waals surface area contributed by atoms with Crippen molar-refractivity contribution < 1.29 is 0 Å². The van der Waals surface area contributed by atoms with E-state index in [-0.39, 0.29) is 28.7 Å². The zero-order valence-corrected chi connectivity index (χ0v) is 17.4. The number of thioether (sulfide) groups is 1. The zero-order chi connectivity index (χ0) is 15.6. The van der Waals surface area contributed by atoms with Gasteiger partial charge in [-0.2, -0.15) is 11.8 Å². The molecule has 0 atom stereocenters. The van der Waals surface area contributed by atoms with Crippen LogP contribution in [-0.2, 0) is 19.5 Å². The molecule has 2 aliphatic rings. The predicted octanol–water partition coefficient (Wildman–Crippen LogP) is 2.14. The number of guanidine groups is 1. The van der Waals surface area contributed by atoms with Gasteiger partial charge in [0.1, 0.15) is 5.82 Å². The Morgan fingerprint density at radius 1 is 1.30 bits per heavy atom. The highest BCUT2D eigenvalue weighted by Gasteiger charge is 2.28. The number of aromatic nitrogens is 3. The third kappa shape index (κ3) is 4.52. The molecule has 1 aromatic heterocycles. The molecule has 0 aromatic carbocycles. The van der Waals surface area contributed by atoms with Crippen LogP contribution in [0.3, 0.4) is 0 Å². The maximum atomic E-state index is 4.45. The van der Waals surface area contributed by atoms with Crippen molar-refractivity contribution in [3.8, 4) is 0 Å². The molecule has 0 bridgehead atoms. The van der Waals surface area contributed by atoms with E-state index in [9.17, 15) is 0 Å². The van der Waals surface area contributed by atoms with Crippen molar-refractivity contribution in [1.29, 1.82) is 0 Å². The number of nitrogens with one attached hydrogen (secondary N) is 1. The molecule has 2 aliphatic heterocycles. The third-order valence-corrected chi connectivity index (χ3v) is 5.57. The van der Waals surface area contributed by atoms with Gasteiger partial charge in [0.05, 0.1) is 6.54 Å². The van der Waals surface area contributed by atoms with Gasteiger partial charge in [0.15, 0.2) is 11.8 Å². The first kappa shape index (κ1) is 18.8. The van der Waals surface area contributed by atoms with Crippen molar-refractivity contribution in [3.05, 3.63) is 11.6 Å². The van der Waals surface area contributed by atoms with Gasteiger partial charge in [-0.05, 0) is 26.7 Å². The topological polar surface area (TPSA) is 58.3 Å². The van der Waals surface area contributed by atoms with E-state index in [1.54, 1.807) is 0 Å². The highest BCUT2D eigenvalue weighted by molar-refractivity contribution is 14.0. The van der Waals surface area contributed by atoms with Crippen LogP contribution >= 0.6 is 35.7 Å². The minimum absolute atomic E-state index is 0. The Morgan fingerprint density at radius 2 is 2.13 bits per heavy atom. The molecule has 0 spiro atoms. The van der Waals surface area contributed by atoms with Gasteiger partial charge in [-0.25, -0.2) is 0 Å². The number of aryl methyl sites for hydroxylation is 1. The van der Waals surface area contributed by atoms with E-state index in [2.05, 4.69) is 43.8 Å². The Hall–Kier alpha value is -0.510. The summed E-state index contributed by atoms with van der Waals surface area (Å²) in [7, 11) is 1.86. The molecular formula is C15H27IN6S. The summed E-state index contributed by atoms with van der Waals surface area (Å²) in [6.45, 7) is 8.41. The highest BCUT2D eigenvalue weighted by Crippen LogP contribution is 2.29. The monoisotopic (exact) mass is 450 g/mol. The second-order valence-electron chi connectivity index (χ2n) is 6.57. The van der Waals surface area contributed by atoms with Gasteiger partial charge in [0, 0.05) is 43.6 Å². The molecule has 23 heavy (non-hydrogen) atoms. The van der Waals surface area contributed by atoms with E-state index in [0.717, 1.165) is 49.4 Å². The lowest BCUT2D eigenvalue weighted by atomic mass is 10.2. The number of hydrogen-bond donors (Lipinski definition) is 1. The fourth-order valence-electron chi connectivity index (χ4n) is 3.19. The Morgan fingerprint density at radius 3 is 2.87 bits per heavy atom. The zero-order valence-electron chi connectivity index (χ0n) is 14.2. The molecule has 0 saturated carbocycles. The van der Waals surface area contributed by atoms with Crippen LogP contribution in [0.4, 0.5) is 0 Å². The molecule has 8 heteroatoms. The molecule has 0 radical (unpaired) electrons. The van der Waals surface area contributed by atoms with Crippen LogP contribution in [0.15, 0.2) is 4.99 Å². The second kappa shape index (κ2) is 8.04. The second-order valence-corrected chi connectivity index (χ2v) is 8.37. The summed E-state index contributed by atoms with van der Waals surface area (Å²) in [5, 5.41) is 12.1. The van der Waals surface area contributed by atoms with Crippen LogP contribution in [0.25, 0.3) is 0 Å². The maximum Gasteiger partial charge on any atom is 0.194 e. The van der Waals surface area contributed by atoms with E-state index in [1.807, 2.05) is 18.8 Å². The first-order valence-electron chi connectivity index (χ1n) is 8.09. The normalized spacial score (nSPS) is 20.7. The molecule has 1 aromatic rings. The van der Waals surface area contributed by atoms with Gasteiger partial charge in [-0.1, -0.05) is 0 Å². The summed E-state index contributed by atoms with van der Waals surface area (Å²) in [5.74, 6) is 4.28. The molecule has 6 nitrogen and oxygen atoms in total. The number of fused-ring (bicyclic) bond motifs is 1. The predicted molar refractivity (Wildman–Crippen MR) is 107 cm³/mol. The van der Waals surface area contributed by atoms with Crippen LogP contribution in [0.2, 0.25) is 0 Å². The van der Waals surface area contributed by atoms with Crippen LogP contribution in [-0.4, -0.2) is 56.3 Å². The quantitative estimate of drug-likeness (QED) is 0.425. The first-order valence-corrected chi connectivity index (χ1v) is 9.08. The number of hydrogen-bond acceptors (Lipinski definition) is 4. The molecule has 1 N–H and O–H groups in total. The minimum Gasteiger partial charge on any atom is -0.349 e. The molecule has 130 valence electrons. The van der Waals surface area contributed by atoms with E-state index in [0.29, 0.717) is 6.54 Å². The highest BCUT2D eigenvalue weighted by atomic mass is 127. The summed E-state index contributed by atoms with van der Waals surface area (Å²) in [4.78, 5) is 6.80. The standard InChI is InChI=1S/C15H26N6S.HI/c1-15(2)11-20(8-9-22-15)14(16-3)17-10-13-19-18-12-6-4-5-7-21(12)13;/h4-11H2,1-3H3,(H,16,17);1H. The molecule has 0 amide bonds. The van der Waals surface area contributed by atoms with Crippen molar-refractivity contribution in [2.45, 2.75) is 50.9 Å². The van der Waals surface area contributed by atoms with E-state index in [4.69, 9.17) is 0 Å². The third-order valence-electron chi connectivity index (χ3n) is 4.28. The van der Waals surface area contributed by atoms with E-state index < -0.39 is 0 Å². The average molecular weight is 450 g/mol. The van der Waals surface area contributed by atoms with Gasteiger partial charge < -0.3 is 14.8 Å². The average Bonchev–Trinajstić information content (AvgIpc) is 2.90. The van der Waals surface area contributed by atoms with Crippen molar-refractivity contribution in [2.75, 3.05) is 25.9 Å². The molecule has 1 saturated heterocycles. The molecule has 3 heterocycles. The largest absolute Gasteiger partial charge is 0.349 e. The Labute approximate surface area is 159 Å². The summed E-state index contributed by atoms with van der Waals surface area (Å²) < 4.78 is 2.55. The van der Waals surface area contributed by atoms with Gasteiger partial charge in [-0.3, -0.25) is 4.99 Å². The lowest BCUT2D eigenvalue weighted by molar-refractivity contribution is 0.374. The summed E-state index contributed by atoms with van der Waals surface area (Å²) in [6.07, 6.45) is 3.51. The number of nitrogens with zero attached hydrogens (tertiary/aromatic N) is 5. The number of halogens is 1. The van der Waals surface area contributed by atoms with Crippen LogP contribution in [0, 0.1) is 0 Å². The van der Waals surface area contributed by atoms with E-state index in [1.165, 1.54) is 12.8 Å².